The summed E-state index contributed by atoms with van der Waals surface area (Å²) in [6, 6.07) is 19.0. The molecule has 14 heteroatoms. The first-order valence-electron chi connectivity index (χ1n) is 15.2. The summed E-state index contributed by atoms with van der Waals surface area (Å²) >= 11 is 0. The van der Waals surface area contributed by atoms with E-state index < -0.39 is 31.8 Å². The fourth-order valence-corrected chi connectivity index (χ4v) is 8.28. The Labute approximate surface area is 270 Å². The molecule has 2 heterocycles. The number of aliphatic hydroxyl groups excluding tert-OH is 1. The average Bonchev–Trinajstić information content (AvgIpc) is 3.48. The number of ether oxygens (including phenoxy) is 3. The van der Waals surface area contributed by atoms with E-state index in [0.29, 0.717) is 57.0 Å². The maximum atomic E-state index is 13.8. The van der Waals surface area contributed by atoms with Gasteiger partial charge in [-0.25, -0.2) is 21.6 Å². The molecule has 2 atom stereocenters. The molecule has 0 amide bonds. The first-order valence-corrected chi connectivity index (χ1v) is 18.1. The summed E-state index contributed by atoms with van der Waals surface area (Å²) in [6.45, 7) is 1.73. The van der Waals surface area contributed by atoms with E-state index in [4.69, 9.17) is 19.9 Å². The summed E-state index contributed by atoms with van der Waals surface area (Å²) in [5, 5.41) is 13.8. The lowest BCUT2D eigenvalue weighted by molar-refractivity contribution is -0.0312. The molecule has 5 N–H and O–H groups in total. The summed E-state index contributed by atoms with van der Waals surface area (Å²) in [7, 11) is -4.64. The Kier molecular flexibility index (Phi) is 10.7. The number of hydrogen-bond donors (Lipinski definition) is 4. The van der Waals surface area contributed by atoms with E-state index in [9.17, 15) is 21.9 Å². The van der Waals surface area contributed by atoms with Crippen LogP contribution in [0.1, 0.15) is 24.8 Å². The van der Waals surface area contributed by atoms with Gasteiger partial charge in [0.2, 0.25) is 20.0 Å². The third kappa shape index (κ3) is 7.72. The van der Waals surface area contributed by atoms with Gasteiger partial charge in [0.25, 0.3) is 0 Å². The van der Waals surface area contributed by atoms with E-state index in [-0.39, 0.29) is 29.0 Å². The van der Waals surface area contributed by atoms with Gasteiger partial charge in [0.1, 0.15) is 29.1 Å². The van der Waals surface area contributed by atoms with Gasteiger partial charge in [-0.2, -0.15) is 4.31 Å². The van der Waals surface area contributed by atoms with Gasteiger partial charge in [-0.15, -0.1) is 0 Å². The van der Waals surface area contributed by atoms with Crippen molar-refractivity contribution < 1.29 is 36.2 Å². The summed E-state index contributed by atoms with van der Waals surface area (Å²) in [6.07, 6.45) is 0.947. The van der Waals surface area contributed by atoms with Gasteiger partial charge < -0.3 is 30.4 Å². The van der Waals surface area contributed by atoms with E-state index in [1.807, 2.05) is 30.3 Å². The molecule has 2 aliphatic rings. The number of nitrogens with two attached hydrogens (primary N) is 1. The number of rotatable bonds is 13. The number of methoxy groups -OCH3 is 1. The molecule has 2 saturated heterocycles. The zero-order valence-electron chi connectivity index (χ0n) is 26.0. The van der Waals surface area contributed by atoms with Gasteiger partial charge in [-0.3, -0.25) is 0 Å². The predicted molar refractivity (Wildman–Crippen MR) is 174 cm³/mol. The second-order valence-electron chi connectivity index (χ2n) is 11.6. The Morgan fingerprint density at radius 1 is 1.04 bits per heavy atom. The Hall–Kier alpha value is -3.08. The fraction of sp³-hybridized carbons (Fsp3) is 0.438. The molecule has 3 aromatic rings. The van der Waals surface area contributed by atoms with Crippen LogP contribution >= 0.6 is 0 Å². The molecule has 2 fully saturated rings. The average molecular weight is 675 g/mol. The predicted octanol–water partition coefficient (Wildman–Crippen LogP) is 2.07. The third-order valence-corrected chi connectivity index (χ3v) is 11.9. The van der Waals surface area contributed by atoms with Crippen LogP contribution in [-0.2, 0) is 31.3 Å². The molecule has 5 rings (SSSR count). The summed E-state index contributed by atoms with van der Waals surface area (Å²) in [5.74, 6) is 0.632. The number of hydrogen-bond acceptors (Lipinski definition) is 10. The van der Waals surface area contributed by atoms with Gasteiger partial charge in [0.05, 0.1) is 24.2 Å². The fourth-order valence-electron chi connectivity index (χ4n) is 5.89. The number of aliphatic hydroxyl groups is 1. The molecule has 0 aliphatic carbocycles. The molecule has 0 aromatic heterocycles. The molecular formula is C32H42N4O8S2. The molecule has 12 nitrogen and oxygen atoms in total. The minimum absolute atomic E-state index is 0.00987. The van der Waals surface area contributed by atoms with Crippen LogP contribution in [0.2, 0.25) is 0 Å². The van der Waals surface area contributed by atoms with Gasteiger partial charge in [-0.1, -0.05) is 36.4 Å². The summed E-state index contributed by atoms with van der Waals surface area (Å²) < 4.78 is 72.8. The van der Waals surface area contributed by atoms with E-state index in [2.05, 4.69) is 10.0 Å². The molecule has 3 aromatic carbocycles. The van der Waals surface area contributed by atoms with Crippen molar-refractivity contribution in [2.75, 3.05) is 47.0 Å². The second-order valence-corrected chi connectivity index (χ2v) is 15.4. The molecule has 1 spiro atoms. The van der Waals surface area contributed by atoms with E-state index in [1.54, 1.807) is 24.3 Å². The van der Waals surface area contributed by atoms with Gasteiger partial charge >= 0.3 is 0 Å². The number of nitrogens with zero attached hydrogens (tertiary/aromatic N) is 1. The van der Waals surface area contributed by atoms with Crippen molar-refractivity contribution in [3.05, 3.63) is 72.3 Å². The highest BCUT2D eigenvalue weighted by atomic mass is 32.2. The standard InChI is InChI=1S/C32H42N4O8S2/c1-34-45(38,39)29-5-3-4-28(17-29)43-22-27(37)20-35-26-18-32(44-21-26)12-14-36(15-13-32)46(40,41)31-16-25(10-11-30(31)42-2)24-8-6-23(19-33)7-9-24/h3-11,16-17,26-27,34-35,37H,12-15,18-22,33H2,1-2H3. The van der Waals surface area contributed by atoms with Crippen molar-refractivity contribution in [3.63, 3.8) is 0 Å². The Morgan fingerprint density at radius 2 is 1.76 bits per heavy atom. The minimum atomic E-state index is -3.84. The Morgan fingerprint density at radius 3 is 2.43 bits per heavy atom. The smallest absolute Gasteiger partial charge is 0.246 e. The maximum absolute atomic E-state index is 13.8. The van der Waals surface area contributed by atoms with Crippen LogP contribution in [0.3, 0.4) is 0 Å². The van der Waals surface area contributed by atoms with Crippen LogP contribution in [0, 0.1) is 0 Å². The van der Waals surface area contributed by atoms with Crippen molar-refractivity contribution in [2.24, 2.45) is 5.73 Å². The minimum Gasteiger partial charge on any atom is -0.495 e. The zero-order chi connectivity index (χ0) is 33.0. The van der Waals surface area contributed by atoms with E-state index in [1.165, 1.54) is 30.6 Å². The van der Waals surface area contributed by atoms with Crippen molar-refractivity contribution in [2.45, 2.75) is 53.3 Å². The van der Waals surface area contributed by atoms with Crippen molar-refractivity contribution >= 4 is 20.0 Å². The van der Waals surface area contributed by atoms with E-state index >= 15 is 0 Å². The monoisotopic (exact) mass is 674 g/mol. The van der Waals surface area contributed by atoms with Crippen LogP contribution in [0.5, 0.6) is 11.5 Å². The highest BCUT2D eigenvalue weighted by Crippen LogP contribution is 2.39. The summed E-state index contributed by atoms with van der Waals surface area (Å²) in [4.78, 5) is 0.207. The number of nitrogens with one attached hydrogen (secondary N) is 2. The topological polar surface area (TPSA) is 170 Å². The molecule has 0 bridgehead atoms. The molecule has 0 saturated carbocycles. The zero-order valence-corrected chi connectivity index (χ0v) is 27.6. The van der Waals surface area contributed by atoms with Crippen molar-refractivity contribution in [3.8, 4) is 22.6 Å². The highest BCUT2D eigenvalue weighted by Gasteiger charge is 2.45. The Bertz CT molecular complexity index is 1710. The number of benzene rings is 3. The molecule has 0 radical (unpaired) electrons. The second kappa shape index (κ2) is 14.4. The van der Waals surface area contributed by atoms with Gasteiger partial charge in [0, 0.05) is 38.3 Å². The maximum Gasteiger partial charge on any atom is 0.246 e. The van der Waals surface area contributed by atoms with Crippen molar-refractivity contribution in [1.82, 2.24) is 14.3 Å². The van der Waals surface area contributed by atoms with Crippen LogP contribution in [0.4, 0.5) is 0 Å². The van der Waals surface area contributed by atoms with Crippen LogP contribution in [0.15, 0.2) is 76.5 Å². The molecule has 2 aliphatic heterocycles. The van der Waals surface area contributed by atoms with Crippen LogP contribution < -0.4 is 25.2 Å². The lowest BCUT2D eigenvalue weighted by Crippen LogP contribution is -2.47. The van der Waals surface area contributed by atoms with Crippen molar-refractivity contribution in [1.29, 1.82) is 0 Å². The first-order chi connectivity index (χ1) is 22.0. The Balaban J connectivity index is 1.14. The van der Waals surface area contributed by atoms with Gasteiger partial charge in [0.15, 0.2) is 0 Å². The molecular weight excluding hydrogens is 633 g/mol. The third-order valence-electron chi connectivity index (χ3n) is 8.62. The van der Waals surface area contributed by atoms with Crippen LogP contribution in [0.25, 0.3) is 11.1 Å². The first kappa shape index (κ1) is 34.3. The van der Waals surface area contributed by atoms with Crippen LogP contribution in [-0.4, -0.2) is 91.0 Å². The number of piperidine rings is 1. The highest BCUT2D eigenvalue weighted by molar-refractivity contribution is 7.89. The largest absolute Gasteiger partial charge is 0.495 e. The van der Waals surface area contributed by atoms with Gasteiger partial charge in [-0.05, 0) is 67.3 Å². The normalized spacial score (nSPS) is 19.3. The lowest BCUT2D eigenvalue weighted by atomic mass is 9.88. The number of sulfonamides is 2. The molecule has 2 unspecified atom stereocenters. The lowest BCUT2D eigenvalue weighted by Gasteiger charge is -2.38. The van der Waals surface area contributed by atoms with E-state index in [0.717, 1.165) is 16.7 Å². The molecule has 46 heavy (non-hydrogen) atoms. The summed E-state index contributed by atoms with van der Waals surface area (Å²) in [5.41, 5.74) is 7.93. The quantitative estimate of drug-likeness (QED) is 0.211. The molecule has 250 valence electrons. The SMILES string of the molecule is CNS(=O)(=O)c1cccc(OCC(O)CNC2COC3(CCN(S(=O)(=O)c4cc(-c5ccc(CN)cc5)ccc4OC)CC3)C2)c1.